The summed E-state index contributed by atoms with van der Waals surface area (Å²) >= 11 is 0. The number of nitrogens with zero attached hydrogens (tertiary/aromatic N) is 5. The zero-order valence-corrected chi connectivity index (χ0v) is 18.2. The summed E-state index contributed by atoms with van der Waals surface area (Å²) in [5.74, 6) is -0.140. The lowest BCUT2D eigenvalue weighted by Gasteiger charge is -2.13. The number of nitrogens with two attached hydrogens (primary N) is 1. The van der Waals surface area contributed by atoms with Crippen LogP contribution in [0.3, 0.4) is 0 Å². The largest absolute Gasteiger partial charge is 0.443 e. The second-order valence-corrected chi connectivity index (χ2v) is 6.68. The summed E-state index contributed by atoms with van der Waals surface area (Å²) in [6.45, 7) is 3.92. The van der Waals surface area contributed by atoms with Gasteiger partial charge in [-0.05, 0) is 25.5 Å². The first-order valence-electron chi connectivity index (χ1n) is 10.1. The van der Waals surface area contributed by atoms with Gasteiger partial charge < -0.3 is 20.4 Å². The average molecular weight is 448 g/mol. The molecule has 1 aromatic carbocycles. The average Bonchev–Trinajstić information content (AvgIpc) is 3.26. The van der Waals surface area contributed by atoms with E-state index in [1.54, 1.807) is 36.1 Å². The summed E-state index contributed by atoms with van der Waals surface area (Å²) in [4.78, 5) is 37.2. The van der Waals surface area contributed by atoms with Crippen LogP contribution in [-0.4, -0.2) is 44.6 Å². The van der Waals surface area contributed by atoms with Crippen LogP contribution < -0.4 is 16.5 Å². The van der Waals surface area contributed by atoms with Gasteiger partial charge in [-0.3, -0.25) is 14.8 Å². The van der Waals surface area contributed by atoms with E-state index in [1.807, 2.05) is 37.3 Å². The fraction of sp³-hybridized carbons (Fsp3) is 0.182. The van der Waals surface area contributed by atoms with Crippen LogP contribution >= 0.6 is 0 Å². The number of benzene rings is 1. The number of aromatic nitrogens is 3. The summed E-state index contributed by atoms with van der Waals surface area (Å²) in [7, 11) is 0. The highest BCUT2D eigenvalue weighted by atomic mass is 16.6. The number of pyridine rings is 1. The molecule has 170 valence electrons. The Kier molecular flexibility index (Phi) is 7.84. The molecular formula is C22H24N8O3. The number of carbonyl (C=O) groups is 2. The third kappa shape index (κ3) is 6.23. The molecule has 2 amide bonds. The monoisotopic (exact) mass is 448 g/mol. The number of amides is 2. The van der Waals surface area contributed by atoms with Crippen LogP contribution in [0, 0.1) is 6.92 Å². The molecule has 0 aliphatic carbocycles. The van der Waals surface area contributed by atoms with Crippen LogP contribution in [0.25, 0.3) is 5.69 Å². The highest BCUT2D eigenvalue weighted by molar-refractivity contribution is 6.68. The first-order chi connectivity index (χ1) is 16.0. The third-order valence-electron chi connectivity index (χ3n) is 4.39. The maximum absolute atomic E-state index is 12.9. The molecule has 0 saturated heterocycles. The predicted molar refractivity (Wildman–Crippen MR) is 124 cm³/mol. The number of anilines is 1. The summed E-state index contributed by atoms with van der Waals surface area (Å²) < 4.78 is 6.87. The summed E-state index contributed by atoms with van der Waals surface area (Å²) in [5, 5.41) is 6.49. The molecule has 0 fully saturated rings. The second-order valence-electron chi connectivity index (χ2n) is 6.68. The van der Waals surface area contributed by atoms with Gasteiger partial charge in [-0.1, -0.05) is 30.3 Å². The number of carbonyl (C=O) groups excluding carboxylic acids is 2. The van der Waals surface area contributed by atoms with Crippen LogP contribution in [0.15, 0.2) is 71.3 Å². The molecule has 4 N–H and O–H groups in total. The van der Waals surface area contributed by atoms with Crippen molar-refractivity contribution in [3.63, 3.8) is 0 Å². The Morgan fingerprint density at radius 1 is 1.18 bits per heavy atom. The zero-order chi connectivity index (χ0) is 23.6. The van der Waals surface area contributed by atoms with Crippen molar-refractivity contribution in [1.82, 2.24) is 20.0 Å². The molecule has 0 saturated carbocycles. The number of hydrogen-bond donors (Lipinski definition) is 3. The van der Waals surface area contributed by atoms with E-state index in [0.29, 0.717) is 11.4 Å². The topological polar surface area (TPSA) is 149 Å². The van der Waals surface area contributed by atoms with E-state index in [0.717, 1.165) is 11.4 Å². The molecule has 33 heavy (non-hydrogen) atoms. The number of rotatable bonds is 8. The summed E-state index contributed by atoms with van der Waals surface area (Å²) in [5.41, 5.74) is 9.87. The number of imidazole rings is 1. The highest BCUT2D eigenvalue weighted by Gasteiger charge is 2.19. The normalized spacial score (nSPS) is 11.7. The smallest absolute Gasteiger partial charge is 0.428 e. The third-order valence-corrected chi connectivity index (χ3v) is 4.39. The number of aryl methyl sites for hydroxylation is 1. The number of hydrogen-bond acceptors (Lipinski definition) is 7. The minimum absolute atomic E-state index is 0.0654. The molecule has 0 radical (unpaired) electrons. The quantitative estimate of drug-likeness (QED) is 0.273. The molecule has 0 bridgehead atoms. The molecule has 0 aliphatic heterocycles. The number of ether oxygens (including phenoxy) is 1. The van der Waals surface area contributed by atoms with Gasteiger partial charge in [0.25, 0.3) is 5.91 Å². The van der Waals surface area contributed by atoms with E-state index in [2.05, 4.69) is 30.8 Å². The van der Waals surface area contributed by atoms with Gasteiger partial charge in [-0.15, -0.1) is 0 Å². The molecule has 3 aromatic rings. The molecule has 2 aromatic heterocycles. The Bertz CT molecular complexity index is 1170. The Morgan fingerprint density at radius 3 is 2.67 bits per heavy atom. The SMILES string of the molecule is CCN=C(C(=O)Nc1cnccc1-n1ccnc1C)/C(N)=N\NC(=O)OCc1ccccc1. The van der Waals surface area contributed by atoms with Crippen LogP contribution in [0.2, 0.25) is 0 Å². The molecule has 11 nitrogen and oxygen atoms in total. The molecule has 0 atom stereocenters. The van der Waals surface area contributed by atoms with Crippen LogP contribution in [0.5, 0.6) is 0 Å². The predicted octanol–water partition coefficient (Wildman–Crippen LogP) is 2.17. The molecule has 0 aliphatic rings. The molecular weight excluding hydrogens is 424 g/mol. The van der Waals surface area contributed by atoms with E-state index in [4.69, 9.17) is 10.5 Å². The van der Waals surface area contributed by atoms with E-state index in [1.165, 1.54) is 6.20 Å². The van der Waals surface area contributed by atoms with Crippen molar-refractivity contribution in [3.8, 4) is 5.69 Å². The number of hydrazone groups is 1. The highest BCUT2D eigenvalue weighted by Crippen LogP contribution is 2.20. The minimum atomic E-state index is -0.816. The van der Waals surface area contributed by atoms with E-state index in [9.17, 15) is 9.59 Å². The van der Waals surface area contributed by atoms with Gasteiger partial charge in [0.1, 0.15) is 12.4 Å². The molecule has 0 spiro atoms. The maximum atomic E-state index is 12.9. The fourth-order valence-electron chi connectivity index (χ4n) is 2.85. The van der Waals surface area contributed by atoms with E-state index in [-0.39, 0.29) is 24.7 Å². The summed E-state index contributed by atoms with van der Waals surface area (Å²) in [6, 6.07) is 10.9. The van der Waals surface area contributed by atoms with Crippen LogP contribution in [-0.2, 0) is 16.1 Å². The van der Waals surface area contributed by atoms with Crippen molar-refractivity contribution in [2.45, 2.75) is 20.5 Å². The van der Waals surface area contributed by atoms with Gasteiger partial charge in [-0.2, -0.15) is 5.10 Å². The Labute approximate surface area is 190 Å². The Morgan fingerprint density at radius 2 is 1.97 bits per heavy atom. The summed E-state index contributed by atoms with van der Waals surface area (Å²) in [6.07, 6.45) is 5.71. The van der Waals surface area contributed by atoms with Crippen molar-refractivity contribution in [2.24, 2.45) is 15.8 Å². The van der Waals surface area contributed by atoms with Gasteiger partial charge in [0.15, 0.2) is 11.5 Å². The zero-order valence-electron chi connectivity index (χ0n) is 18.2. The molecule has 0 unspecified atom stereocenters. The number of nitrogens with one attached hydrogen (secondary N) is 2. The van der Waals surface area contributed by atoms with Crippen molar-refractivity contribution in [3.05, 3.63) is 72.6 Å². The van der Waals surface area contributed by atoms with Crippen molar-refractivity contribution in [1.29, 1.82) is 0 Å². The first kappa shape index (κ1) is 23.1. The first-order valence-corrected chi connectivity index (χ1v) is 10.1. The fourth-order valence-corrected chi connectivity index (χ4v) is 2.85. The molecule has 2 heterocycles. The van der Waals surface area contributed by atoms with Gasteiger partial charge in [-0.25, -0.2) is 15.2 Å². The molecule has 11 heteroatoms. The van der Waals surface area contributed by atoms with Gasteiger partial charge in [0.05, 0.1) is 17.6 Å². The van der Waals surface area contributed by atoms with Crippen molar-refractivity contribution < 1.29 is 14.3 Å². The number of aliphatic imine (C=N–C) groups is 1. The van der Waals surface area contributed by atoms with Gasteiger partial charge in [0.2, 0.25) is 0 Å². The van der Waals surface area contributed by atoms with Crippen molar-refractivity contribution in [2.75, 3.05) is 11.9 Å². The van der Waals surface area contributed by atoms with Crippen LogP contribution in [0.4, 0.5) is 10.5 Å². The standard InChI is InChI=1S/C22H24N8O3/c1-3-25-19(20(23)28-29-22(32)33-14-16-7-5-4-6-8-16)21(31)27-17-13-24-10-9-18(17)30-12-11-26-15(30)2/h4-13H,3,14H2,1-2H3,(H2,23,28)(H,27,31)(H,29,32). The van der Waals surface area contributed by atoms with E-state index < -0.39 is 12.0 Å². The number of amidine groups is 1. The lowest BCUT2D eigenvalue weighted by molar-refractivity contribution is -0.110. The lowest BCUT2D eigenvalue weighted by Crippen LogP contribution is -2.37. The Balaban J connectivity index is 1.68. The second kappa shape index (κ2) is 11.2. The van der Waals surface area contributed by atoms with Crippen molar-refractivity contribution >= 4 is 29.2 Å². The molecule has 3 rings (SSSR count). The van der Waals surface area contributed by atoms with Crippen LogP contribution in [0.1, 0.15) is 18.3 Å². The van der Waals surface area contributed by atoms with Gasteiger partial charge in [0, 0.05) is 25.1 Å². The Hall–Kier alpha value is -4.54. The van der Waals surface area contributed by atoms with Gasteiger partial charge >= 0.3 is 6.09 Å². The minimum Gasteiger partial charge on any atom is -0.443 e. The lowest BCUT2D eigenvalue weighted by atomic mass is 10.2. The van der Waals surface area contributed by atoms with E-state index >= 15 is 0 Å². The maximum Gasteiger partial charge on any atom is 0.428 e.